The van der Waals surface area contributed by atoms with Crippen LogP contribution in [0.1, 0.15) is 19.3 Å². The molecule has 3 aliphatic rings. The van der Waals surface area contributed by atoms with Gasteiger partial charge in [-0.15, -0.1) is 0 Å². The van der Waals surface area contributed by atoms with Crippen molar-refractivity contribution >= 4 is 17.6 Å². The second-order valence-electron chi connectivity index (χ2n) is 6.96. The molecule has 0 bridgehead atoms. The summed E-state index contributed by atoms with van der Waals surface area (Å²) in [5.74, 6) is -0.390. The zero-order valence-corrected chi connectivity index (χ0v) is 14.2. The van der Waals surface area contributed by atoms with E-state index in [0.717, 1.165) is 32.5 Å². The SMILES string of the molecule is O=C1[C@@H](N2CCC[C@H](N3CCNC3=O)C2)CCN1c1ccccc1F. The van der Waals surface area contributed by atoms with Crippen LogP contribution in [-0.4, -0.2) is 66.5 Å². The maximum Gasteiger partial charge on any atom is 0.317 e. The fourth-order valence-corrected chi connectivity index (χ4v) is 4.27. The molecule has 1 N–H and O–H groups in total. The van der Waals surface area contributed by atoms with Crippen molar-refractivity contribution in [1.82, 2.24) is 15.1 Å². The molecule has 3 amide bonds. The molecule has 3 fully saturated rings. The molecule has 7 heteroatoms. The summed E-state index contributed by atoms with van der Waals surface area (Å²) in [5.41, 5.74) is 0.363. The first-order valence-electron chi connectivity index (χ1n) is 8.99. The van der Waals surface area contributed by atoms with E-state index in [9.17, 15) is 14.0 Å². The lowest BCUT2D eigenvalue weighted by atomic mass is 10.0. The van der Waals surface area contributed by atoms with Gasteiger partial charge in [0, 0.05) is 32.2 Å². The van der Waals surface area contributed by atoms with Crippen molar-refractivity contribution in [3.05, 3.63) is 30.1 Å². The zero-order valence-electron chi connectivity index (χ0n) is 14.2. The summed E-state index contributed by atoms with van der Waals surface area (Å²) in [6.07, 6.45) is 2.64. The second kappa shape index (κ2) is 6.63. The second-order valence-corrected chi connectivity index (χ2v) is 6.96. The normalized spacial score (nSPS) is 27.9. The molecule has 25 heavy (non-hydrogen) atoms. The van der Waals surface area contributed by atoms with Crippen LogP contribution in [-0.2, 0) is 4.79 Å². The molecule has 0 unspecified atom stereocenters. The highest BCUT2D eigenvalue weighted by molar-refractivity contribution is 5.99. The van der Waals surface area contributed by atoms with Crippen LogP contribution in [0.15, 0.2) is 24.3 Å². The number of nitrogens with zero attached hydrogens (tertiary/aromatic N) is 3. The number of carbonyl (C=O) groups is 2. The van der Waals surface area contributed by atoms with Gasteiger partial charge in [0.15, 0.2) is 0 Å². The van der Waals surface area contributed by atoms with Crippen molar-refractivity contribution in [3.63, 3.8) is 0 Å². The van der Waals surface area contributed by atoms with Crippen LogP contribution in [0.2, 0.25) is 0 Å². The van der Waals surface area contributed by atoms with E-state index in [2.05, 4.69) is 10.2 Å². The Morgan fingerprint density at radius 1 is 1.08 bits per heavy atom. The summed E-state index contributed by atoms with van der Waals surface area (Å²) in [6, 6.07) is 6.37. The number of nitrogens with one attached hydrogen (secondary N) is 1. The van der Waals surface area contributed by atoms with Crippen LogP contribution >= 0.6 is 0 Å². The van der Waals surface area contributed by atoms with E-state index >= 15 is 0 Å². The number of hydrogen-bond acceptors (Lipinski definition) is 3. The summed E-state index contributed by atoms with van der Waals surface area (Å²) < 4.78 is 14.0. The molecule has 3 saturated heterocycles. The average molecular weight is 346 g/mol. The maximum atomic E-state index is 14.0. The van der Waals surface area contributed by atoms with E-state index < -0.39 is 0 Å². The number of piperidine rings is 1. The number of hydrogen-bond donors (Lipinski definition) is 1. The van der Waals surface area contributed by atoms with Crippen LogP contribution in [0.4, 0.5) is 14.9 Å². The van der Waals surface area contributed by atoms with Crippen molar-refractivity contribution in [2.75, 3.05) is 37.6 Å². The van der Waals surface area contributed by atoms with Gasteiger partial charge in [0.2, 0.25) is 5.91 Å². The Kier molecular flexibility index (Phi) is 4.33. The fraction of sp³-hybridized carbons (Fsp3) is 0.556. The molecule has 6 nitrogen and oxygen atoms in total. The van der Waals surface area contributed by atoms with E-state index in [0.29, 0.717) is 25.2 Å². The quantitative estimate of drug-likeness (QED) is 0.901. The number of benzene rings is 1. The number of likely N-dealkylation sites (tertiary alicyclic amines) is 1. The lowest BCUT2D eigenvalue weighted by Crippen LogP contribution is -2.53. The van der Waals surface area contributed by atoms with Crippen molar-refractivity contribution in [3.8, 4) is 0 Å². The Balaban J connectivity index is 1.46. The number of urea groups is 1. The molecule has 0 aliphatic carbocycles. The van der Waals surface area contributed by atoms with Gasteiger partial charge in [-0.1, -0.05) is 12.1 Å². The van der Waals surface area contributed by atoms with Gasteiger partial charge >= 0.3 is 6.03 Å². The van der Waals surface area contributed by atoms with Crippen molar-refractivity contribution < 1.29 is 14.0 Å². The minimum absolute atomic E-state index is 0.00224. The third kappa shape index (κ3) is 2.97. The Morgan fingerprint density at radius 3 is 2.68 bits per heavy atom. The molecule has 3 aliphatic heterocycles. The first kappa shape index (κ1) is 16.3. The van der Waals surface area contributed by atoms with E-state index in [1.54, 1.807) is 23.1 Å². The van der Waals surface area contributed by atoms with Crippen LogP contribution in [0.25, 0.3) is 0 Å². The smallest absolute Gasteiger partial charge is 0.317 e. The number of rotatable bonds is 3. The molecular weight excluding hydrogens is 323 g/mol. The number of anilines is 1. The number of amides is 3. The number of para-hydroxylation sites is 1. The highest BCUT2D eigenvalue weighted by Crippen LogP contribution is 2.29. The summed E-state index contributed by atoms with van der Waals surface area (Å²) in [7, 11) is 0. The molecule has 0 spiro atoms. The Labute approximate surface area is 146 Å². The van der Waals surface area contributed by atoms with E-state index in [-0.39, 0.29) is 29.8 Å². The minimum atomic E-state index is -0.359. The minimum Gasteiger partial charge on any atom is -0.336 e. The predicted octanol–water partition coefficient (Wildman–Crippen LogP) is 1.42. The maximum absolute atomic E-state index is 14.0. The van der Waals surface area contributed by atoms with Gasteiger partial charge in [0.05, 0.1) is 11.7 Å². The van der Waals surface area contributed by atoms with Crippen molar-refractivity contribution in [2.24, 2.45) is 0 Å². The largest absolute Gasteiger partial charge is 0.336 e. The lowest BCUT2D eigenvalue weighted by Gasteiger charge is -2.39. The summed E-state index contributed by atoms with van der Waals surface area (Å²) in [5, 5.41) is 2.85. The van der Waals surface area contributed by atoms with E-state index in [1.807, 2.05) is 4.90 Å². The summed E-state index contributed by atoms with van der Waals surface area (Å²) in [4.78, 5) is 30.4. The van der Waals surface area contributed by atoms with Gasteiger partial charge in [-0.25, -0.2) is 9.18 Å². The predicted molar refractivity (Wildman–Crippen MR) is 91.9 cm³/mol. The number of halogens is 1. The van der Waals surface area contributed by atoms with Gasteiger partial charge in [-0.2, -0.15) is 0 Å². The summed E-state index contributed by atoms with van der Waals surface area (Å²) in [6.45, 7) is 3.54. The summed E-state index contributed by atoms with van der Waals surface area (Å²) >= 11 is 0. The molecule has 3 heterocycles. The van der Waals surface area contributed by atoms with Crippen molar-refractivity contribution in [1.29, 1.82) is 0 Å². The van der Waals surface area contributed by atoms with Crippen LogP contribution in [0.3, 0.4) is 0 Å². The molecule has 4 rings (SSSR count). The Hall–Kier alpha value is -2.15. The highest BCUT2D eigenvalue weighted by atomic mass is 19.1. The molecular formula is C18H23FN4O2. The number of carbonyl (C=O) groups excluding carboxylic acids is 2. The first-order valence-corrected chi connectivity index (χ1v) is 8.99. The highest BCUT2D eigenvalue weighted by Gasteiger charge is 2.40. The van der Waals surface area contributed by atoms with Gasteiger partial charge in [0.25, 0.3) is 0 Å². The van der Waals surface area contributed by atoms with Gasteiger partial charge < -0.3 is 15.1 Å². The third-order valence-corrected chi connectivity index (χ3v) is 5.52. The Morgan fingerprint density at radius 2 is 1.92 bits per heavy atom. The molecule has 0 saturated carbocycles. The topological polar surface area (TPSA) is 55.9 Å². The first-order chi connectivity index (χ1) is 12.1. The molecule has 0 radical (unpaired) electrons. The van der Waals surface area contributed by atoms with Gasteiger partial charge in [-0.3, -0.25) is 9.69 Å². The molecule has 1 aromatic carbocycles. The van der Waals surface area contributed by atoms with Crippen molar-refractivity contribution in [2.45, 2.75) is 31.3 Å². The lowest BCUT2D eigenvalue weighted by molar-refractivity contribution is -0.122. The van der Waals surface area contributed by atoms with Gasteiger partial charge in [-0.05, 0) is 37.9 Å². The standard InChI is InChI=1S/C18H23FN4O2/c19-14-5-1-2-6-15(14)23-10-7-16(17(23)24)21-9-3-4-13(12-21)22-11-8-20-18(22)25/h1-2,5-6,13,16H,3-4,7-12H2,(H,20,25)/t13-,16-/m0/s1. The molecule has 0 aromatic heterocycles. The van der Waals surface area contributed by atoms with Crippen LogP contribution in [0, 0.1) is 5.82 Å². The fourth-order valence-electron chi connectivity index (χ4n) is 4.27. The van der Waals surface area contributed by atoms with Crippen LogP contribution < -0.4 is 10.2 Å². The monoisotopic (exact) mass is 346 g/mol. The molecule has 1 aromatic rings. The van der Waals surface area contributed by atoms with Gasteiger partial charge in [0.1, 0.15) is 5.82 Å². The van der Waals surface area contributed by atoms with Crippen LogP contribution in [0.5, 0.6) is 0 Å². The Bertz CT molecular complexity index is 683. The molecule has 2 atom stereocenters. The van der Waals surface area contributed by atoms with E-state index in [4.69, 9.17) is 0 Å². The third-order valence-electron chi connectivity index (χ3n) is 5.52. The average Bonchev–Trinajstić information content (AvgIpc) is 3.21. The van der Waals surface area contributed by atoms with E-state index in [1.165, 1.54) is 6.07 Å². The zero-order chi connectivity index (χ0) is 17.4. The molecule has 134 valence electrons.